The van der Waals surface area contributed by atoms with Crippen molar-refractivity contribution in [1.82, 2.24) is 0 Å². The Hall–Kier alpha value is -1.60. The summed E-state index contributed by atoms with van der Waals surface area (Å²) in [6.07, 6.45) is 0.461. The van der Waals surface area contributed by atoms with Crippen molar-refractivity contribution < 1.29 is 22.1 Å². The fourth-order valence-electron chi connectivity index (χ4n) is 1.53. The van der Waals surface area contributed by atoms with Crippen LogP contribution in [0.25, 0.3) is 0 Å². The summed E-state index contributed by atoms with van der Waals surface area (Å²) in [5.41, 5.74) is 1.55. The maximum Gasteiger partial charge on any atom is 0.412 e. The van der Waals surface area contributed by atoms with Crippen molar-refractivity contribution in [2.24, 2.45) is 0 Å². The van der Waals surface area contributed by atoms with E-state index < -0.39 is 21.8 Å². The van der Waals surface area contributed by atoms with Crippen LogP contribution in [0.5, 0.6) is 0 Å². The van der Waals surface area contributed by atoms with Gasteiger partial charge in [0.1, 0.15) is 5.60 Å². The number of rotatable bonds is 4. The second kappa shape index (κ2) is 6.44. The van der Waals surface area contributed by atoms with Crippen LogP contribution in [0, 0.1) is 6.92 Å². The monoisotopic (exact) mass is 315 g/mol. The molecule has 6 nitrogen and oxygen atoms in total. The largest absolute Gasteiger partial charge is 0.444 e. The third-order valence-corrected chi connectivity index (χ3v) is 2.96. The smallest absolute Gasteiger partial charge is 0.412 e. The van der Waals surface area contributed by atoms with Gasteiger partial charge in [0.25, 0.3) is 10.1 Å². The number of anilines is 1. The number of carbonyl (C=O) groups excluding carboxylic acids is 1. The molecule has 7 heteroatoms. The number of hydrogen-bond donors (Lipinski definition) is 1. The van der Waals surface area contributed by atoms with Crippen LogP contribution in [-0.4, -0.2) is 26.4 Å². The number of aryl methyl sites for hydroxylation is 1. The first-order chi connectivity index (χ1) is 9.46. The highest BCUT2D eigenvalue weighted by Crippen LogP contribution is 2.18. The SMILES string of the molecule is Cc1cc(NC(=O)OC(C)(C)C)ccc1COS(C)(=O)=O. The van der Waals surface area contributed by atoms with E-state index in [0.29, 0.717) is 5.69 Å². The lowest BCUT2D eigenvalue weighted by Gasteiger charge is -2.20. The van der Waals surface area contributed by atoms with Crippen LogP contribution in [0.3, 0.4) is 0 Å². The summed E-state index contributed by atoms with van der Waals surface area (Å²) in [5.74, 6) is 0. The van der Waals surface area contributed by atoms with Gasteiger partial charge in [0.15, 0.2) is 0 Å². The second-order valence-electron chi connectivity index (χ2n) is 5.73. The van der Waals surface area contributed by atoms with E-state index in [9.17, 15) is 13.2 Å². The van der Waals surface area contributed by atoms with E-state index in [0.717, 1.165) is 17.4 Å². The van der Waals surface area contributed by atoms with Crippen molar-refractivity contribution in [3.05, 3.63) is 29.3 Å². The van der Waals surface area contributed by atoms with Crippen molar-refractivity contribution >= 4 is 21.9 Å². The van der Waals surface area contributed by atoms with Gasteiger partial charge < -0.3 is 4.74 Å². The molecule has 1 aromatic carbocycles. The third kappa shape index (κ3) is 7.10. The van der Waals surface area contributed by atoms with Gasteiger partial charge in [0.05, 0.1) is 12.9 Å². The summed E-state index contributed by atoms with van der Waals surface area (Å²) >= 11 is 0. The summed E-state index contributed by atoms with van der Waals surface area (Å²) in [7, 11) is -3.48. The van der Waals surface area contributed by atoms with Crippen LogP contribution in [0.2, 0.25) is 0 Å². The van der Waals surface area contributed by atoms with Crippen molar-refractivity contribution in [2.75, 3.05) is 11.6 Å². The molecule has 118 valence electrons. The van der Waals surface area contributed by atoms with Gasteiger partial charge in [-0.1, -0.05) is 6.07 Å². The Morgan fingerprint density at radius 1 is 1.29 bits per heavy atom. The molecule has 0 heterocycles. The predicted octanol–water partition coefficient (Wildman–Crippen LogP) is 2.82. The molecule has 1 amide bonds. The summed E-state index contributed by atoms with van der Waals surface area (Å²) in [4.78, 5) is 11.6. The zero-order valence-corrected chi connectivity index (χ0v) is 13.7. The Labute approximate surface area is 125 Å². The molecule has 0 aliphatic rings. The number of benzene rings is 1. The Kier molecular flexibility index (Phi) is 5.36. The molecule has 0 aliphatic carbocycles. The molecular weight excluding hydrogens is 294 g/mol. The Morgan fingerprint density at radius 2 is 1.90 bits per heavy atom. The normalized spacial score (nSPS) is 12.0. The third-order valence-electron chi connectivity index (χ3n) is 2.42. The molecule has 0 bridgehead atoms. The van der Waals surface area contributed by atoms with Gasteiger partial charge in [-0.05, 0) is 51.0 Å². The molecule has 1 rings (SSSR count). The summed E-state index contributed by atoms with van der Waals surface area (Å²) in [6.45, 7) is 7.12. The molecule has 1 N–H and O–H groups in total. The molecule has 0 aromatic heterocycles. The van der Waals surface area contributed by atoms with E-state index >= 15 is 0 Å². The van der Waals surface area contributed by atoms with E-state index in [2.05, 4.69) is 5.32 Å². The quantitative estimate of drug-likeness (QED) is 0.864. The lowest BCUT2D eigenvalue weighted by Crippen LogP contribution is -2.27. The number of nitrogens with one attached hydrogen (secondary N) is 1. The van der Waals surface area contributed by atoms with Crippen LogP contribution < -0.4 is 5.32 Å². The fourth-order valence-corrected chi connectivity index (χ4v) is 1.87. The average molecular weight is 315 g/mol. The second-order valence-corrected chi connectivity index (χ2v) is 7.38. The van der Waals surface area contributed by atoms with Crippen molar-refractivity contribution in [2.45, 2.75) is 39.9 Å². The van der Waals surface area contributed by atoms with Gasteiger partial charge in [0.2, 0.25) is 0 Å². The standard InChI is InChI=1S/C14H21NO5S/c1-10-8-12(15-13(16)20-14(2,3)4)7-6-11(10)9-19-21(5,17)18/h6-8H,9H2,1-5H3,(H,15,16). The number of carbonyl (C=O) groups is 1. The van der Waals surface area contributed by atoms with Crippen LogP contribution in [0.4, 0.5) is 10.5 Å². The molecule has 0 unspecified atom stereocenters. The van der Waals surface area contributed by atoms with Gasteiger partial charge in [-0.25, -0.2) is 4.79 Å². The number of ether oxygens (including phenoxy) is 1. The number of hydrogen-bond acceptors (Lipinski definition) is 5. The zero-order chi connectivity index (χ0) is 16.3. The van der Waals surface area contributed by atoms with Crippen molar-refractivity contribution in [1.29, 1.82) is 0 Å². The first kappa shape index (κ1) is 17.5. The molecule has 0 saturated carbocycles. The first-order valence-corrected chi connectivity index (χ1v) is 8.22. The minimum Gasteiger partial charge on any atom is -0.444 e. The molecule has 21 heavy (non-hydrogen) atoms. The van der Waals surface area contributed by atoms with E-state index in [4.69, 9.17) is 8.92 Å². The Morgan fingerprint density at radius 3 is 2.38 bits per heavy atom. The van der Waals surface area contributed by atoms with E-state index in [1.807, 2.05) is 0 Å². The van der Waals surface area contributed by atoms with Crippen molar-refractivity contribution in [3.8, 4) is 0 Å². The molecule has 0 fully saturated rings. The lowest BCUT2D eigenvalue weighted by molar-refractivity contribution is 0.0636. The predicted molar refractivity (Wildman–Crippen MR) is 80.7 cm³/mol. The highest BCUT2D eigenvalue weighted by molar-refractivity contribution is 7.85. The van der Waals surface area contributed by atoms with E-state index in [1.54, 1.807) is 45.9 Å². The lowest BCUT2D eigenvalue weighted by atomic mass is 10.1. The zero-order valence-electron chi connectivity index (χ0n) is 12.9. The number of amides is 1. The van der Waals surface area contributed by atoms with Crippen LogP contribution in [-0.2, 0) is 25.6 Å². The average Bonchev–Trinajstić information content (AvgIpc) is 2.23. The van der Waals surface area contributed by atoms with E-state index in [1.165, 1.54) is 0 Å². The summed E-state index contributed by atoms with van der Waals surface area (Å²) in [6, 6.07) is 5.09. The molecule has 1 aromatic rings. The van der Waals surface area contributed by atoms with Gasteiger partial charge in [0, 0.05) is 5.69 Å². The maximum atomic E-state index is 11.6. The van der Waals surface area contributed by atoms with Gasteiger partial charge >= 0.3 is 6.09 Å². The van der Waals surface area contributed by atoms with Crippen LogP contribution in [0.1, 0.15) is 31.9 Å². The first-order valence-electron chi connectivity index (χ1n) is 6.40. The van der Waals surface area contributed by atoms with Crippen LogP contribution in [0.15, 0.2) is 18.2 Å². The van der Waals surface area contributed by atoms with Gasteiger partial charge in [-0.3, -0.25) is 9.50 Å². The van der Waals surface area contributed by atoms with Gasteiger partial charge in [-0.15, -0.1) is 0 Å². The minimum atomic E-state index is -3.48. The van der Waals surface area contributed by atoms with Crippen molar-refractivity contribution in [3.63, 3.8) is 0 Å². The maximum absolute atomic E-state index is 11.6. The highest BCUT2D eigenvalue weighted by Gasteiger charge is 2.16. The summed E-state index contributed by atoms with van der Waals surface area (Å²) in [5, 5.41) is 2.62. The molecule has 0 atom stereocenters. The molecular formula is C14H21NO5S. The molecule has 0 spiro atoms. The van der Waals surface area contributed by atoms with Crippen LogP contribution >= 0.6 is 0 Å². The molecule has 0 saturated heterocycles. The fraction of sp³-hybridized carbons (Fsp3) is 0.500. The highest BCUT2D eigenvalue weighted by atomic mass is 32.2. The molecule has 0 aliphatic heterocycles. The van der Waals surface area contributed by atoms with E-state index in [-0.39, 0.29) is 6.61 Å². The minimum absolute atomic E-state index is 0.0304. The Bertz CT molecular complexity index is 617. The Balaban J connectivity index is 2.72. The topological polar surface area (TPSA) is 81.7 Å². The molecule has 0 radical (unpaired) electrons. The van der Waals surface area contributed by atoms with Gasteiger partial charge in [-0.2, -0.15) is 8.42 Å². The summed E-state index contributed by atoms with van der Waals surface area (Å²) < 4.78 is 31.8.